The lowest BCUT2D eigenvalue weighted by atomic mass is 9.79. The van der Waals surface area contributed by atoms with Gasteiger partial charge in [-0.3, -0.25) is 0 Å². The Morgan fingerprint density at radius 2 is 1.81 bits per heavy atom. The second-order valence-electron chi connectivity index (χ2n) is 4.60. The Bertz CT molecular complexity index is 184. The first-order valence-corrected chi connectivity index (χ1v) is 6.60. The van der Waals surface area contributed by atoms with Crippen molar-refractivity contribution in [1.29, 1.82) is 0 Å². The van der Waals surface area contributed by atoms with Gasteiger partial charge in [-0.05, 0) is 38.5 Å². The number of hydrogen-bond donors (Lipinski definition) is 1. The molecule has 16 heavy (non-hydrogen) atoms. The Kier molecular flexibility index (Phi) is 5.73. The van der Waals surface area contributed by atoms with Gasteiger partial charge in [0.25, 0.3) is 0 Å². The van der Waals surface area contributed by atoms with E-state index < -0.39 is 0 Å². The van der Waals surface area contributed by atoms with E-state index in [9.17, 15) is 5.11 Å². The fourth-order valence-corrected chi connectivity index (χ4v) is 2.71. The molecule has 0 aromatic rings. The minimum absolute atomic E-state index is 0.334. The van der Waals surface area contributed by atoms with Crippen molar-refractivity contribution in [2.45, 2.75) is 58.2 Å². The molecule has 1 fully saturated rings. The van der Waals surface area contributed by atoms with Crippen molar-refractivity contribution in [3.05, 3.63) is 0 Å². The van der Waals surface area contributed by atoms with E-state index in [1.165, 1.54) is 0 Å². The molecule has 0 aromatic carbocycles. The first-order valence-electron chi connectivity index (χ1n) is 6.60. The molecule has 3 nitrogen and oxygen atoms in total. The third kappa shape index (κ3) is 2.96. The molecule has 1 aliphatic heterocycles. The van der Waals surface area contributed by atoms with Crippen molar-refractivity contribution in [1.82, 2.24) is 0 Å². The zero-order chi connectivity index (χ0) is 12.0. The lowest BCUT2D eigenvalue weighted by molar-refractivity contribution is -0.154. The second kappa shape index (κ2) is 6.58. The van der Waals surface area contributed by atoms with Crippen molar-refractivity contribution in [2.24, 2.45) is 5.92 Å². The third-order valence-corrected chi connectivity index (χ3v) is 3.88. The molecule has 3 heteroatoms. The summed E-state index contributed by atoms with van der Waals surface area (Å²) in [5, 5.41) is 10.5. The highest BCUT2D eigenvalue weighted by Crippen LogP contribution is 2.33. The van der Waals surface area contributed by atoms with E-state index in [1.807, 2.05) is 6.92 Å². The Morgan fingerprint density at radius 1 is 1.25 bits per heavy atom. The van der Waals surface area contributed by atoms with Gasteiger partial charge in [-0.1, -0.05) is 13.8 Å². The molecule has 0 saturated carbocycles. The van der Waals surface area contributed by atoms with Gasteiger partial charge in [0.2, 0.25) is 0 Å². The maximum atomic E-state index is 10.5. The highest BCUT2D eigenvalue weighted by Gasteiger charge is 2.40. The number of aliphatic hydroxyl groups excluding tert-OH is 1. The summed E-state index contributed by atoms with van der Waals surface area (Å²) in [7, 11) is 0. The van der Waals surface area contributed by atoms with Crippen molar-refractivity contribution in [2.75, 3.05) is 19.8 Å². The smallest absolute Gasteiger partial charge is 0.0937 e. The minimum Gasteiger partial charge on any atom is -0.390 e. The first kappa shape index (κ1) is 13.9. The SMILES string of the molecule is CCOC(CC)(CC)C(O)C1CCOCC1. The molecule has 1 aliphatic rings. The van der Waals surface area contributed by atoms with Crippen LogP contribution in [0.4, 0.5) is 0 Å². The zero-order valence-corrected chi connectivity index (χ0v) is 10.9. The summed E-state index contributed by atoms with van der Waals surface area (Å²) >= 11 is 0. The summed E-state index contributed by atoms with van der Waals surface area (Å²) in [5.41, 5.74) is -0.350. The first-order chi connectivity index (χ1) is 7.70. The lowest BCUT2D eigenvalue weighted by Crippen LogP contribution is -2.49. The van der Waals surface area contributed by atoms with Gasteiger partial charge >= 0.3 is 0 Å². The number of hydrogen-bond acceptors (Lipinski definition) is 3. The van der Waals surface area contributed by atoms with Crippen LogP contribution in [-0.4, -0.2) is 36.6 Å². The molecular formula is C13H26O3. The van der Waals surface area contributed by atoms with Crippen LogP contribution >= 0.6 is 0 Å². The van der Waals surface area contributed by atoms with Crippen LogP contribution in [0.15, 0.2) is 0 Å². The maximum Gasteiger partial charge on any atom is 0.0937 e. The molecule has 1 rings (SSSR count). The molecule has 1 atom stereocenters. The quantitative estimate of drug-likeness (QED) is 0.761. The summed E-state index contributed by atoms with van der Waals surface area (Å²) in [6.45, 7) is 8.41. The predicted octanol–water partition coefficient (Wildman–Crippen LogP) is 2.37. The maximum absolute atomic E-state index is 10.5. The molecule has 0 bridgehead atoms. The average Bonchev–Trinajstić information content (AvgIpc) is 2.36. The molecular weight excluding hydrogens is 204 g/mol. The monoisotopic (exact) mass is 230 g/mol. The van der Waals surface area contributed by atoms with Gasteiger partial charge in [0.15, 0.2) is 0 Å². The molecule has 0 amide bonds. The average molecular weight is 230 g/mol. The topological polar surface area (TPSA) is 38.7 Å². The number of ether oxygens (including phenoxy) is 2. The van der Waals surface area contributed by atoms with Crippen LogP contribution in [0.1, 0.15) is 46.5 Å². The molecule has 96 valence electrons. The van der Waals surface area contributed by atoms with Gasteiger partial charge in [-0.15, -0.1) is 0 Å². The standard InChI is InChI=1S/C13H26O3/c1-4-13(5-2,16-6-3)12(14)11-7-9-15-10-8-11/h11-12,14H,4-10H2,1-3H3. The van der Waals surface area contributed by atoms with Crippen LogP contribution in [-0.2, 0) is 9.47 Å². The van der Waals surface area contributed by atoms with Crippen LogP contribution in [0.25, 0.3) is 0 Å². The molecule has 1 heterocycles. The Labute approximate surface area is 99.1 Å². The van der Waals surface area contributed by atoms with Gasteiger partial charge in [0.05, 0.1) is 11.7 Å². The molecule has 1 saturated heterocycles. The predicted molar refractivity (Wildman–Crippen MR) is 64.5 cm³/mol. The van der Waals surface area contributed by atoms with Crippen LogP contribution in [0, 0.1) is 5.92 Å². The van der Waals surface area contributed by atoms with E-state index in [4.69, 9.17) is 9.47 Å². The van der Waals surface area contributed by atoms with Crippen LogP contribution < -0.4 is 0 Å². The van der Waals surface area contributed by atoms with Gasteiger partial charge in [0.1, 0.15) is 0 Å². The molecule has 0 spiro atoms. The third-order valence-electron chi connectivity index (χ3n) is 3.88. The fourth-order valence-electron chi connectivity index (χ4n) is 2.71. The van der Waals surface area contributed by atoms with E-state index in [0.717, 1.165) is 38.9 Å². The van der Waals surface area contributed by atoms with Gasteiger partial charge in [0, 0.05) is 19.8 Å². The molecule has 0 radical (unpaired) electrons. The van der Waals surface area contributed by atoms with E-state index in [-0.39, 0.29) is 11.7 Å². The highest BCUT2D eigenvalue weighted by molar-refractivity contribution is 4.91. The summed E-state index contributed by atoms with van der Waals surface area (Å²) < 4.78 is 11.2. The van der Waals surface area contributed by atoms with Crippen LogP contribution in [0.2, 0.25) is 0 Å². The largest absolute Gasteiger partial charge is 0.390 e. The van der Waals surface area contributed by atoms with Gasteiger partial charge < -0.3 is 14.6 Å². The van der Waals surface area contributed by atoms with E-state index >= 15 is 0 Å². The van der Waals surface area contributed by atoms with Crippen LogP contribution in [0.5, 0.6) is 0 Å². The van der Waals surface area contributed by atoms with E-state index in [0.29, 0.717) is 12.5 Å². The summed E-state index contributed by atoms with van der Waals surface area (Å²) in [6, 6.07) is 0. The fraction of sp³-hybridized carbons (Fsp3) is 1.00. The molecule has 1 unspecified atom stereocenters. The summed E-state index contributed by atoms with van der Waals surface area (Å²) in [5.74, 6) is 0.334. The lowest BCUT2D eigenvalue weighted by Gasteiger charge is -2.41. The van der Waals surface area contributed by atoms with Crippen molar-refractivity contribution in [3.8, 4) is 0 Å². The van der Waals surface area contributed by atoms with E-state index in [2.05, 4.69) is 13.8 Å². The Morgan fingerprint density at radius 3 is 2.25 bits per heavy atom. The van der Waals surface area contributed by atoms with Crippen molar-refractivity contribution < 1.29 is 14.6 Å². The summed E-state index contributed by atoms with van der Waals surface area (Å²) in [4.78, 5) is 0. The molecule has 0 aromatic heterocycles. The van der Waals surface area contributed by atoms with Crippen molar-refractivity contribution >= 4 is 0 Å². The van der Waals surface area contributed by atoms with Gasteiger partial charge in [-0.2, -0.15) is 0 Å². The van der Waals surface area contributed by atoms with E-state index in [1.54, 1.807) is 0 Å². The normalized spacial score (nSPS) is 21.0. The number of rotatable bonds is 6. The number of aliphatic hydroxyl groups is 1. The second-order valence-corrected chi connectivity index (χ2v) is 4.60. The Balaban J connectivity index is 2.67. The van der Waals surface area contributed by atoms with Crippen molar-refractivity contribution in [3.63, 3.8) is 0 Å². The zero-order valence-electron chi connectivity index (χ0n) is 10.9. The molecule has 1 N–H and O–H groups in total. The molecule has 0 aliphatic carbocycles. The summed E-state index contributed by atoms with van der Waals surface area (Å²) in [6.07, 6.45) is 3.30. The highest BCUT2D eigenvalue weighted by atomic mass is 16.5. The minimum atomic E-state index is -0.355. The van der Waals surface area contributed by atoms with Crippen LogP contribution in [0.3, 0.4) is 0 Å². The Hall–Kier alpha value is -0.120. The van der Waals surface area contributed by atoms with Gasteiger partial charge in [-0.25, -0.2) is 0 Å².